The molecule has 0 spiro atoms. The maximum absolute atomic E-state index is 11.2. The molecule has 1 fully saturated rings. The highest BCUT2D eigenvalue weighted by Gasteiger charge is 2.22. The van der Waals surface area contributed by atoms with Crippen LogP contribution < -0.4 is 10.6 Å². The maximum atomic E-state index is 11.2. The van der Waals surface area contributed by atoms with Crippen molar-refractivity contribution >= 4 is 17.7 Å². The predicted molar refractivity (Wildman–Crippen MR) is 70.8 cm³/mol. The van der Waals surface area contributed by atoms with Crippen LogP contribution in [0.15, 0.2) is 0 Å². The fraction of sp³-hybridized carbons (Fsp3) is 0.917. The van der Waals surface area contributed by atoms with E-state index in [1.807, 2.05) is 11.8 Å². The summed E-state index contributed by atoms with van der Waals surface area (Å²) in [5, 5.41) is 7.05. The Morgan fingerprint density at radius 2 is 2.25 bits per heavy atom. The SMILES string of the molecule is CNC(=O)CC(C)NC1CCCC(SC)C1. The van der Waals surface area contributed by atoms with Gasteiger partial charge in [0.05, 0.1) is 0 Å². The summed E-state index contributed by atoms with van der Waals surface area (Å²) in [6.45, 7) is 2.10. The molecular formula is C12H24N2OS. The number of amides is 1. The van der Waals surface area contributed by atoms with Gasteiger partial charge < -0.3 is 10.6 Å². The Labute approximate surface area is 103 Å². The van der Waals surface area contributed by atoms with E-state index in [-0.39, 0.29) is 11.9 Å². The Balaban J connectivity index is 2.27. The minimum absolute atomic E-state index is 0.122. The second-order valence-corrected chi connectivity index (χ2v) is 5.80. The van der Waals surface area contributed by atoms with Gasteiger partial charge in [0, 0.05) is 30.8 Å². The first kappa shape index (κ1) is 13.8. The molecule has 0 bridgehead atoms. The molecule has 3 nitrogen and oxygen atoms in total. The number of thioether (sulfide) groups is 1. The third kappa shape index (κ3) is 4.74. The molecule has 0 radical (unpaired) electrons. The predicted octanol–water partition coefficient (Wildman–Crippen LogP) is 1.77. The van der Waals surface area contributed by atoms with Gasteiger partial charge in [-0.15, -0.1) is 0 Å². The van der Waals surface area contributed by atoms with Gasteiger partial charge in [-0.3, -0.25) is 4.79 Å². The largest absolute Gasteiger partial charge is 0.359 e. The number of nitrogens with one attached hydrogen (secondary N) is 2. The smallest absolute Gasteiger partial charge is 0.221 e. The Kier molecular flexibility index (Phi) is 6.21. The second-order valence-electron chi connectivity index (χ2n) is 4.67. The van der Waals surface area contributed by atoms with E-state index in [0.717, 1.165) is 5.25 Å². The molecule has 4 heteroatoms. The van der Waals surface area contributed by atoms with E-state index < -0.39 is 0 Å². The summed E-state index contributed by atoms with van der Waals surface area (Å²) in [6.07, 6.45) is 7.95. The average Bonchev–Trinajstić information content (AvgIpc) is 2.28. The highest BCUT2D eigenvalue weighted by Crippen LogP contribution is 2.27. The second kappa shape index (κ2) is 7.17. The van der Waals surface area contributed by atoms with Gasteiger partial charge in [0.2, 0.25) is 5.91 Å². The zero-order valence-electron chi connectivity index (χ0n) is 10.6. The molecule has 0 aromatic carbocycles. The average molecular weight is 244 g/mol. The fourth-order valence-electron chi connectivity index (χ4n) is 2.35. The lowest BCUT2D eigenvalue weighted by Gasteiger charge is -2.31. The van der Waals surface area contributed by atoms with Gasteiger partial charge in [-0.05, 0) is 32.4 Å². The summed E-state index contributed by atoms with van der Waals surface area (Å²) >= 11 is 1.98. The van der Waals surface area contributed by atoms with Crippen molar-refractivity contribution in [3.63, 3.8) is 0 Å². The summed E-state index contributed by atoms with van der Waals surface area (Å²) in [5.41, 5.74) is 0. The van der Waals surface area contributed by atoms with Crippen molar-refractivity contribution in [3.05, 3.63) is 0 Å². The van der Waals surface area contributed by atoms with Crippen LogP contribution in [0, 0.1) is 0 Å². The van der Waals surface area contributed by atoms with Gasteiger partial charge in [-0.1, -0.05) is 6.42 Å². The quantitative estimate of drug-likeness (QED) is 0.774. The highest BCUT2D eigenvalue weighted by molar-refractivity contribution is 7.99. The summed E-state index contributed by atoms with van der Waals surface area (Å²) in [4.78, 5) is 11.2. The lowest BCUT2D eigenvalue weighted by atomic mass is 9.94. The topological polar surface area (TPSA) is 41.1 Å². The van der Waals surface area contributed by atoms with Gasteiger partial charge in [0.15, 0.2) is 0 Å². The number of hydrogen-bond acceptors (Lipinski definition) is 3. The maximum Gasteiger partial charge on any atom is 0.221 e. The normalized spacial score (nSPS) is 27.4. The summed E-state index contributed by atoms with van der Waals surface area (Å²) < 4.78 is 0. The van der Waals surface area contributed by atoms with E-state index in [2.05, 4.69) is 23.8 Å². The van der Waals surface area contributed by atoms with Crippen molar-refractivity contribution in [1.82, 2.24) is 10.6 Å². The van der Waals surface area contributed by atoms with Crippen molar-refractivity contribution in [3.8, 4) is 0 Å². The molecule has 1 amide bonds. The molecular weight excluding hydrogens is 220 g/mol. The van der Waals surface area contributed by atoms with Gasteiger partial charge in [-0.2, -0.15) is 11.8 Å². The van der Waals surface area contributed by atoms with E-state index in [1.54, 1.807) is 7.05 Å². The van der Waals surface area contributed by atoms with Crippen LogP contribution in [-0.4, -0.2) is 36.5 Å². The fourth-order valence-corrected chi connectivity index (χ4v) is 3.18. The molecule has 1 saturated carbocycles. The molecule has 1 aliphatic carbocycles. The summed E-state index contributed by atoms with van der Waals surface area (Å²) in [6, 6.07) is 0.886. The zero-order valence-corrected chi connectivity index (χ0v) is 11.4. The molecule has 0 aromatic rings. The third-order valence-corrected chi connectivity index (χ3v) is 4.34. The van der Waals surface area contributed by atoms with Crippen molar-refractivity contribution in [2.24, 2.45) is 0 Å². The van der Waals surface area contributed by atoms with Crippen LogP contribution in [0.2, 0.25) is 0 Å². The number of carbonyl (C=O) groups excluding carboxylic acids is 1. The molecule has 0 heterocycles. The van der Waals surface area contributed by atoms with Gasteiger partial charge in [0.25, 0.3) is 0 Å². The van der Waals surface area contributed by atoms with Gasteiger partial charge in [-0.25, -0.2) is 0 Å². The lowest BCUT2D eigenvalue weighted by Crippen LogP contribution is -2.42. The lowest BCUT2D eigenvalue weighted by molar-refractivity contribution is -0.121. The van der Waals surface area contributed by atoms with Crippen LogP contribution in [0.1, 0.15) is 39.0 Å². The van der Waals surface area contributed by atoms with Crippen LogP contribution in [0.3, 0.4) is 0 Å². The van der Waals surface area contributed by atoms with Crippen LogP contribution >= 0.6 is 11.8 Å². The van der Waals surface area contributed by atoms with Crippen LogP contribution in [0.4, 0.5) is 0 Å². The molecule has 94 valence electrons. The Hall–Kier alpha value is -0.220. The van der Waals surface area contributed by atoms with Crippen molar-refractivity contribution < 1.29 is 4.79 Å². The molecule has 1 aliphatic rings. The number of rotatable bonds is 5. The van der Waals surface area contributed by atoms with Crippen LogP contribution in [0.5, 0.6) is 0 Å². The molecule has 3 unspecified atom stereocenters. The van der Waals surface area contributed by atoms with E-state index in [9.17, 15) is 4.79 Å². The zero-order chi connectivity index (χ0) is 12.0. The standard InChI is InChI=1S/C12H24N2OS/c1-9(7-12(15)13-2)14-10-5-4-6-11(8-10)16-3/h9-11,14H,4-8H2,1-3H3,(H,13,15). The molecule has 0 aliphatic heterocycles. The van der Waals surface area contributed by atoms with E-state index in [1.165, 1.54) is 25.7 Å². The number of carbonyl (C=O) groups is 1. The Morgan fingerprint density at radius 3 is 2.88 bits per heavy atom. The van der Waals surface area contributed by atoms with Crippen molar-refractivity contribution in [2.45, 2.75) is 56.4 Å². The first-order chi connectivity index (χ1) is 7.65. The van der Waals surface area contributed by atoms with E-state index >= 15 is 0 Å². The first-order valence-electron chi connectivity index (χ1n) is 6.15. The van der Waals surface area contributed by atoms with Gasteiger partial charge >= 0.3 is 0 Å². The minimum atomic E-state index is 0.122. The Morgan fingerprint density at radius 1 is 1.50 bits per heavy atom. The van der Waals surface area contributed by atoms with Crippen molar-refractivity contribution in [2.75, 3.05) is 13.3 Å². The van der Waals surface area contributed by atoms with Crippen molar-refractivity contribution in [1.29, 1.82) is 0 Å². The molecule has 0 aromatic heterocycles. The molecule has 3 atom stereocenters. The minimum Gasteiger partial charge on any atom is -0.359 e. The first-order valence-corrected chi connectivity index (χ1v) is 7.44. The third-order valence-electron chi connectivity index (χ3n) is 3.25. The van der Waals surface area contributed by atoms with E-state index in [0.29, 0.717) is 12.5 Å². The number of hydrogen-bond donors (Lipinski definition) is 2. The molecule has 16 heavy (non-hydrogen) atoms. The monoisotopic (exact) mass is 244 g/mol. The Bertz CT molecular complexity index is 223. The molecule has 2 N–H and O–H groups in total. The molecule has 1 rings (SSSR count). The summed E-state index contributed by atoms with van der Waals surface area (Å²) in [5.74, 6) is 0.122. The summed E-state index contributed by atoms with van der Waals surface area (Å²) in [7, 11) is 1.69. The van der Waals surface area contributed by atoms with Crippen LogP contribution in [0.25, 0.3) is 0 Å². The van der Waals surface area contributed by atoms with E-state index in [4.69, 9.17) is 0 Å². The highest BCUT2D eigenvalue weighted by atomic mass is 32.2. The van der Waals surface area contributed by atoms with Crippen LogP contribution in [-0.2, 0) is 4.79 Å². The molecule has 0 saturated heterocycles. The van der Waals surface area contributed by atoms with Gasteiger partial charge in [0.1, 0.15) is 0 Å².